The summed E-state index contributed by atoms with van der Waals surface area (Å²) in [6, 6.07) is 0. The zero-order valence-corrected chi connectivity index (χ0v) is 9.34. The molecule has 0 aliphatic heterocycles. The summed E-state index contributed by atoms with van der Waals surface area (Å²) in [7, 11) is 0. The van der Waals surface area contributed by atoms with Crippen LogP contribution in [0.1, 0.15) is 59.0 Å². The van der Waals surface area contributed by atoms with Crippen molar-refractivity contribution in [2.24, 2.45) is 5.92 Å². The Morgan fingerprint density at radius 2 is 2.00 bits per heavy atom. The van der Waals surface area contributed by atoms with E-state index in [2.05, 4.69) is 4.98 Å². The predicted octanol–water partition coefficient (Wildman–Crippen LogP) is 1.97. The first kappa shape index (κ1) is 11.6. The second-order valence-corrected chi connectivity index (χ2v) is 4.35. The monoisotopic (exact) mass is 239 g/mol. The van der Waals surface area contributed by atoms with Crippen molar-refractivity contribution < 1.29 is 24.2 Å². The maximum Gasteiger partial charge on any atom is 0.374 e. The Labute approximate surface area is 97.3 Å². The highest BCUT2D eigenvalue weighted by atomic mass is 16.4. The molecule has 0 aromatic carbocycles. The Hall–Kier alpha value is -1.85. The lowest BCUT2D eigenvalue weighted by Gasteiger charge is -2.09. The van der Waals surface area contributed by atoms with Gasteiger partial charge in [0.2, 0.25) is 11.5 Å². The highest BCUT2D eigenvalue weighted by Gasteiger charge is 2.33. The minimum Gasteiger partial charge on any atom is -0.476 e. The average molecular weight is 239 g/mol. The zero-order valence-electron chi connectivity index (χ0n) is 9.34. The van der Waals surface area contributed by atoms with Gasteiger partial charge in [0.1, 0.15) is 0 Å². The second kappa shape index (κ2) is 4.20. The van der Waals surface area contributed by atoms with E-state index in [0.29, 0.717) is 5.92 Å². The quantitative estimate of drug-likeness (QED) is 0.836. The van der Waals surface area contributed by atoms with E-state index in [1.165, 1.54) is 0 Å². The largest absolute Gasteiger partial charge is 0.476 e. The van der Waals surface area contributed by atoms with Crippen molar-refractivity contribution in [3.8, 4) is 0 Å². The Bertz CT molecular complexity index is 433. The smallest absolute Gasteiger partial charge is 0.374 e. The van der Waals surface area contributed by atoms with E-state index in [0.717, 1.165) is 19.3 Å². The highest BCUT2D eigenvalue weighted by molar-refractivity contribution is 5.98. The molecule has 1 aromatic heterocycles. The molecule has 0 radical (unpaired) electrons. The number of rotatable bonds is 3. The number of hydrogen-bond donors (Lipinski definition) is 2. The van der Waals surface area contributed by atoms with Crippen LogP contribution < -0.4 is 0 Å². The molecule has 1 aromatic rings. The molecule has 0 saturated heterocycles. The van der Waals surface area contributed by atoms with Gasteiger partial charge in [-0.3, -0.25) is 0 Å². The van der Waals surface area contributed by atoms with E-state index in [1.54, 1.807) is 0 Å². The molecule has 6 heteroatoms. The molecule has 0 bridgehead atoms. The van der Waals surface area contributed by atoms with Crippen molar-refractivity contribution in [2.45, 2.75) is 32.1 Å². The van der Waals surface area contributed by atoms with Crippen molar-refractivity contribution in [2.75, 3.05) is 0 Å². The number of hydrogen-bond acceptors (Lipinski definition) is 4. The van der Waals surface area contributed by atoms with Gasteiger partial charge in [0, 0.05) is 5.92 Å². The van der Waals surface area contributed by atoms with E-state index in [4.69, 9.17) is 14.6 Å². The molecule has 1 saturated carbocycles. The Balaban J connectivity index is 2.40. The van der Waals surface area contributed by atoms with Gasteiger partial charge in [0.15, 0.2) is 5.89 Å². The van der Waals surface area contributed by atoms with Gasteiger partial charge in [-0.25, -0.2) is 14.6 Å². The third-order valence-electron chi connectivity index (χ3n) is 3.22. The fourth-order valence-electron chi connectivity index (χ4n) is 2.30. The summed E-state index contributed by atoms with van der Waals surface area (Å²) in [6.45, 7) is 2.03. The molecule has 1 fully saturated rings. The first-order chi connectivity index (χ1) is 8.00. The van der Waals surface area contributed by atoms with Gasteiger partial charge in [-0.05, 0) is 18.8 Å². The molecule has 0 spiro atoms. The second-order valence-electron chi connectivity index (χ2n) is 4.35. The van der Waals surface area contributed by atoms with Crippen molar-refractivity contribution in [3.63, 3.8) is 0 Å². The lowest BCUT2D eigenvalue weighted by Crippen LogP contribution is -2.06. The van der Waals surface area contributed by atoms with E-state index in [-0.39, 0.29) is 11.8 Å². The molecular formula is C11H13NO5. The Morgan fingerprint density at radius 3 is 2.41 bits per heavy atom. The van der Waals surface area contributed by atoms with Gasteiger partial charge < -0.3 is 14.6 Å². The summed E-state index contributed by atoms with van der Waals surface area (Å²) >= 11 is 0. The molecule has 0 amide bonds. The van der Waals surface area contributed by atoms with Crippen molar-refractivity contribution in [3.05, 3.63) is 17.3 Å². The van der Waals surface area contributed by atoms with Crippen LogP contribution in [-0.2, 0) is 0 Å². The van der Waals surface area contributed by atoms with Gasteiger partial charge in [-0.15, -0.1) is 0 Å². The van der Waals surface area contributed by atoms with Crippen LogP contribution >= 0.6 is 0 Å². The van der Waals surface area contributed by atoms with Crippen LogP contribution in [0, 0.1) is 5.92 Å². The summed E-state index contributed by atoms with van der Waals surface area (Å²) in [5.74, 6) is -2.73. The van der Waals surface area contributed by atoms with Crippen LogP contribution in [0.25, 0.3) is 0 Å². The maximum atomic E-state index is 10.9. The molecule has 92 valence electrons. The van der Waals surface area contributed by atoms with E-state index in [1.807, 2.05) is 6.92 Å². The minimum atomic E-state index is -1.40. The average Bonchev–Trinajstić information content (AvgIpc) is 2.82. The lowest BCUT2D eigenvalue weighted by atomic mass is 9.98. The van der Waals surface area contributed by atoms with Crippen LogP contribution in [0.2, 0.25) is 0 Å². The van der Waals surface area contributed by atoms with Crippen molar-refractivity contribution in [1.82, 2.24) is 4.98 Å². The van der Waals surface area contributed by atoms with Crippen LogP contribution in [-0.4, -0.2) is 27.1 Å². The molecule has 6 nitrogen and oxygen atoms in total. The zero-order chi connectivity index (χ0) is 12.6. The number of carboxylic acid groups (broad SMARTS) is 2. The molecular weight excluding hydrogens is 226 g/mol. The summed E-state index contributed by atoms with van der Waals surface area (Å²) in [4.78, 5) is 25.5. The summed E-state index contributed by atoms with van der Waals surface area (Å²) in [6.07, 6.45) is 2.91. The molecule has 1 aliphatic carbocycles. The summed E-state index contributed by atoms with van der Waals surface area (Å²) in [5, 5.41) is 17.7. The summed E-state index contributed by atoms with van der Waals surface area (Å²) < 4.78 is 5.10. The maximum absolute atomic E-state index is 10.9. The third kappa shape index (κ3) is 2.02. The fraction of sp³-hybridized carbons (Fsp3) is 0.545. The minimum absolute atomic E-state index is 0.0289. The number of nitrogens with zero attached hydrogens (tertiary/aromatic N) is 1. The summed E-state index contributed by atoms with van der Waals surface area (Å²) in [5.41, 5.74) is -0.508. The molecule has 1 aliphatic rings. The third-order valence-corrected chi connectivity index (χ3v) is 3.22. The Kier molecular flexibility index (Phi) is 2.87. The van der Waals surface area contributed by atoms with Gasteiger partial charge in [0.05, 0.1) is 0 Å². The molecule has 2 atom stereocenters. The standard InChI is InChI=1S/C11H13NO5/c1-5-3-2-4-6(5)9-12-7(10(13)14)8(17-9)11(15)16/h5-6H,2-4H2,1H3,(H,13,14)(H,15,16). The molecule has 2 rings (SSSR count). The van der Waals surface area contributed by atoms with Crippen molar-refractivity contribution in [1.29, 1.82) is 0 Å². The molecule has 17 heavy (non-hydrogen) atoms. The predicted molar refractivity (Wildman–Crippen MR) is 56.2 cm³/mol. The Morgan fingerprint density at radius 1 is 1.29 bits per heavy atom. The van der Waals surface area contributed by atoms with Crippen LogP contribution in [0.3, 0.4) is 0 Å². The number of oxazole rings is 1. The number of aromatic nitrogens is 1. The van der Waals surface area contributed by atoms with Crippen LogP contribution in [0.15, 0.2) is 4.42 Å². The fourth-order valence-corrected chi connectivity index (χ4v) is 2.30. The molecule has 2 N–H and O–H groups in total. The van der Waals surface area contributed by atoms with Gasteiger partial charge in [-0.1, -0.05) is 13.3 Å². The van der Waals surface area contributed by atoms with Gasteiger partial charge in [-0.2, -0.15) is 0 Å². The van der Waals surface area contributed by atoms with Crippen LogP contribution in [0.4, 0.5) is 0 Å². The highest BCUT2D eigenvalue weighted by Crippen LogP contribution is 2.39. The lowest BCUT2D eigenvalue weighted by molar-refractivity contribution is 0.0622. The van der Waals surface area contributed by atoms with Crippen molar-refractivity contribution >= 4 is 11.9 Å². The SMILES string of the molecule is CC1CCCC1c1nc(C(=O)O)c(C(=O)O)o1. The number of carbonyl (C=O) groups is 2. The molecule has 1 heterocycles. The number of carboxylic acids is 2. The first-order valence-corrected chi connectivity index (χ1v) is 5.48. The number of aromatic carboxylic acids is 2. The van der Waals surface area contributed by atoms with E-state index >= 15 is 0 Å². The van der Waals surface area contributed by atoms with Crippen LogP contribution in [0.5, 0.6) is 0 Å². The topological polar surface area (TPSA) is 101 Å². The van der Waals surface area contributed by atoms with Gasteiger partial charge in [0.25, 0.3) is 0 Å². The molecule has 2 unspecified atom stereocenters. The normalized spacial score (nSPS) is 23.8. The van der Waals surface area contributed by atoms with Gasteiger partial charge >= 0.3 is 11.9 Å². The first-order valence-electron chi connectivity index (χ1n) is 5.48. The van der Waals surface area contributed by atoms with E-state index < -0.39 is 23.4 Å². The van der Waals surface area contributed by atoms with E-state index in [9.17, 15) is 9.59 Å².